The number of ketones is 1. The molecular formula is C17H14O4S. The topological polar surface area (TPSA) is 60.4 Å². The number of Topliss-reactive ketones (excluding diaryl/α,β-unsaturated/α-hetero) is 1. The molecule has 112 valence electrons. The molecule has 0 unspecified atom stereocenters. The third-order valence-electron chi connectivity index (χ3n) is 2.79. The number of benzene rings is 2. The van der Waals surface area contributed by atoms with E-state index in [1.807, 2.05) is 6.07 Å². The molecule has 0 aliphatic carbocycles. The summed E-state index contributed by atoms with van der Waals surface area (Å²) in [6.45, 7) is -0.317. The van der Waals surface area contributed by atoms with E-state index in [4.69, 9.17) is 4.74 Å². The molecule has 0 spiro atoms. The summed E-state index contributed by atoms with van der Waals surface area (Å²) in [5.74, 6) is -0.970. The predicted octanol–water partition coefficient (Wildman–Crippen LogP) is 2.99. The van der Waals surface area contributed by atoms with Crippen molar-refractivity contribution < 1.29 is 19.1 Å². The van der Waals surface area contributed by atoms with Gasteiger partial charge in [-0.3, -0.25) is 14.4 Å². The molecule has 0 atom stereocenters. The lowest BCUT2D eigenvalue weighted by atomic mass is 10.1. The molecule has 4 nitrogen and oxygen atoms in total. The normalized spacial score (nSPS) is 10.0. The summed E-state index contributed by atoms with van der Waals surface area (Å²) in [6.07, 6.45) is 0. The first-order valence-electron chi connectivity index (χ1n) is 6.63. The van der Waals surface area contributed by atoms with E-state index in [2.05, 4.69) is 0 Å². The minimum atomic E-state index is -0.585. The van der Waals surface area contributed by atoms with E-state index in [9.17, 15) is 14.4 Å². The highest BCUT2D eigenvalue weighted by Crippen LogP contribution is 2.12. The summed E-state index contributed by atoms with van der Waals surface area (Å²) in [7, 11) is 0. The second-order valence-corrected chi connectivity index (χ2v) is 5.34. The molecular weight excluding hydrogens is 300 g/mol. The molecule has 0 amide bonds. The van der Waals surface area contributed by atoms with Crippen LogP contribution >= 0.6 is 11.8 Å². The summed E-state index contributed by atoms with van der Waals surface area (Å²) >= 11 is 0.860. The quantitative estimate of drug-likeness (QED) is 0.606. The molecule has 0 bridgehead atoms. The van der Waals surface area contributed by atoms with Gasteiger partial charge in [0.2, 0.25) is 5.12 Å². The van der Waals surface area contributed by atoms with Crippen LogP contribution in [0.1, 0.15) is 20.7 Å². The lowest BCUT2D eigenvalue weighted by Crippen LogP contribution is -2.16. The number of thioether (sulfide) groups is 1. The van der Waals surface area contributed by atoms with E-state index in [0.717, 1.165) is 11.8 Å². The molecule has 0 aliphatic rings. The zero-order valence-electron chi connectivity index (χ0n) is 11.7. The van der Waals surface area contributed by atoms with Gasteiger partial charge < -0.3 is 4.74 Å². The first-order valence-corrected chi connectivity index (χ1v) is 7.61. The molecule has 5 heteroatoms. The standard InChI is InChI=1S/C17H14O4S/c18-15(13-7-3-1-4-8-13)11-21-16(19)12-22-17(20)14-9-5-2-6-10-14/h1-10H,11-12H2. The van der Waals surface area contributed by atoms with Gasteiger partial charge >= 0.3 is 5.97 Å². The van der Waals surface area contributed by atoms with Crippen molar-refractivity contribution in [2.24, 2.45) is 0 Å². The van der Waals surface area contributed by atoms with Crippen LogP contribution in [0.4, 0.5) is 0 Å². The molecule has 0 saturated heterocycles. The monoisotopic (exact) mass is 314 g/mol. The second-order valence-electron chi connectivity index (χ2n) is 4.39. The fourth-order valence-corrected chi connectivity index (χ4v) is 2.31. The van der Waals surface area contributed by atoms with Gasteiger partial charge in [-0.1, -0.05) is 72.4 Å². The first-order chi connectivity index (χ1) is 10.7. The molecule has 0 N–H and O–H groups in total. The number of hydrogen-bond acceptors (Lipinski definition) is 5. The molecule has 0 radical (unpaired) electrons. The third-order valence-corrected chi connectivity index (χ3v) is 3.67. The molecule has 22 heavy (non-hydrogen) atoms. The Kier molecular flexibility index (Phi) is 5.91. The van der Waals surface area contributed by atoms with Crippen LogP contribution in [-0.4, -0.2) is 29.2 Å². The number of esters is 1. The maximum absolute atomic E-state index is 11.8. The summed E-state index contributed by atoms with van der Waals surface area (Å²) in [6, 6.07) is 17.3. The highest BCUT2D eigenvalue weighted by Gasteiger charge is 2.13. The van der Waals surface area contributed by atoms with Crippen LogP contribution in [-0.2, 0) is 9.53 Å². The number of carbonyl (C=O) groups is 3. The molecule has 2 rings (SSSR count). The van der Waals surface area contributed by atoms with Crippen LogP contribution in [0.15, 0.2) is 60.7 Å². The smallest absolute Gasteiger partial charge is 0.316 e. The Hall–Kier alpha value is -2.40. The summed E-state index contributed by atoms with van der Waals surface area (Å²) in [5.41, 5.74) is 1.02. The maximum Gasteiger partial charge on any atom is 0.316 e. The Morgan fingerprint density at radius 1 is 0.818 bits per heavy atom. The van der Waals surface area contributed by atoms with Gasteiger partial charge in [0.05, 0.1) is 5.75 Å². The van der Waals surface area contributed by atoms with E-state index < -0.39 is 5.97 Å². The van der Waals surface area contributed by atoms with Gasteiger partial charge in [-0.15, -0.1) is 0 Å². The van der Waals surface area contributed by atoms with Crippen molar-refractivity contribution in [2.45, 2.75) is 0 Å². The van der Waals surface area contributed by atoms with Gasteiger partial charge in [0, 0.05) is 11.1 Å². The van der Waals surface area contributed by atoms with Crippen molar-refractivity contribution in [3.8, 4) is 0 Å². The number of ether oxygens (including phenoxy) is 1. The lowest BCUT2D eigenvalue weighted by Gasteiger charge is -2.04. The van der Waals surface area contributed by atoms with Gasteiger partial charge in [-0.25, -0.2) is 0 Å². The van der Waals surface area contributed by atoms with Crippen molar-refractivity contribution >= 4 is 28.6 Å². The largest absolute Gasteiger partial charge is 0.457 e. The summed E-state index contributed by atoms with van der Waals surface area (Å²) in [5, 5.41) is -0.202. The lowest BCUT2D eigenvalue weighted by molar-refractivity contribution is -0.139. The van der Waals surface area contributed by atoms with E-state index in [0.29, 0.717) is 11.1 Å². The van der Waals surface area contributed by atoms with Crippen LogP contribution in [0.25, 0.3) is 0 Å². The zero-order valence-corrected chi connectivity index (χ0v) is 12.5. The van der Waals surface area contributed by atoms with Crippen molar-refractivity contribution in [3.05, 3.63) is 71.8 Å². The van der Waals surface area contributed by atoms with Crippen molar-refractivity contribution in [2.75, 3.05) is 12.4 Å². The van der Waals surface area contributed by atoms with Gasteiger partial charge in [-0.05, 0) is 0 Å². The number of carbonyl (C=O) groups excluding carboxylic acids is 3. The Labute approximate surface area is 132 Å². The van der Waals surface area contributed by atoms with Gasteiger partial charge in [-0.2, -0.15) is 0 Å². The Morgan fingerprint density at radius 3 is 1.95 bits per heavy atom. The SMILES string of the molecule is O=C(CSC(=O)c1ccccc1)OCC(=O)c1ccccc1. The summed E-state index contributed by atoms with van der Waals surface area (Å²) in [4.78, 5) is 35.1. The third kappa shape index (κ3) is 4.86. The molecule has 0 aromatic heterocycles. The minimum Gasteiger partial charge on any atom is -0.457 e. The Morgan fingerprint density at radius 2 is 1.36 bits per heavy atom. The second kappa shape index (κ2) is 8.14. The molecule has 0 saturated carbocycles. The van der Waals surface area contributed by atoms with Gasteiger partial charge in [0.1, 0.15) is 0 Å². The van der Waals surface area contributed by atoms with Crippen LogP contribution in [0.3, 0.4) is 0 Å². The molecule has 0 fully saturated rings. The number of hydrogen-bond donors (Lipinski definition) is 0. The van der Waals surface area contributed by atoms with Gasteiger partial charge in [0.25, 0.3) is 0 Å². The van der Waals surface area contributed by atoms with E-state index in [1.165, 1.54) is 0 Å². The van der Waals surface area contributed by atoms with E-state index in [-0.39, 0.29) is 23.3 Å². The molecule has 0 aliphatic heterocycles. The summed E-state index contributed by atoms with van der Waals surface area (Å²) < 4.78 is 4.88. The Balaban J connectivity index is 1.74. The molecule has 2 aromatic carbocycles. The average Bonchev–Trinajstić information content (AvgIpc) is 2.59. The number of rotatable bonds is 6. The van der Waals surface area contributed by atoms with E-state index in [1.54, 1.807) is 54.6 Å². The predicted molar refractivity (Wildman–Crippen MR) is 85.0 cm³/mol. The minimum absolute atomic E-state index is 0.115. The maximum atomic E-state index is 11.8. The van der Waals surface area contributed by atoms with Crippen LogP contribution in [0, 0.1) is 0 Å². The highest BCUT2D eigenvalue weighted by atomic mass is 32.2. The fraction of sp³-hybridized carbons (Fsp3) is 0.118. The zero-order chi connectivity index (χ0) is 15.8. The van der Waals surface area contributed by atoms with Crippen molar-refractivity contribution in [3.63, 3.8) is 0 Å². The van der Waals surface area contributed by atoms with Crippen LogP contribution in [0.5, 0.6) is 0 Å². The molecule has 0 heterocycles. The Bertz CT molecular complexity index is 595. The highest BCUT2D eigenvalue weighted by molar-refractivity contribution is 8.14. The molecule has 2 aromatic rings. The van der Waals surface area contributed by atoms with Crippen LogP contribution < -0.4 is 0 Å². The average molecular weight is 314 g/mol. The van der Waals surface area contributed by atoms with Gasteiger partial charge in [0.15, 0.2) is 12.4 Å². The fourth-order valence-electron chi connectivity index (χ4n) is 1.68. The first kappa shape index (κ1) is 16.0. The van der Waals surface area contributed by atoms with Crippen molar-refractivity contribution in [1.82, 2.24) is 0 Å². The van der Waals surface area contributed by atoms with Crippen molar-refractivity contribution in [1.29, 1.82) is 0 Å². The van der Waals surface area contributed by atoms with E-state index >= 15 is 0 Å². The van der Waals surface area contributed by atoms with Crippen LogP contribution in [0.2, 0.25) is 0 Å².